The van der Waals surface area contributed by atoms with E-state index in [0.717, 1.165) is 18.7 Å². The molecule has 3 nitrogen and oxygen atoms in total. The molecule has 1 aliphatic carbocycles. The highest BCUT2D eigenvalue weighted by Gasteiger charge is 2.23. The van der Waals surface area contributed by atoms with Gasteiger partial charge in [-0.05, 0) is 37.3 Å². The number of aliphatic hydroxyl groups excluding tert-OH is 1. The zero-order valence-corrected chi connectivity index (χ0v) is 11.8. The lowest BCUT2D eigenvalue weighted by atomic mass is 9.79. The van der Waals surface area contributed by atoms with E-state index in [2.05, 4.69) is 11.4 Å². The van der Waals surface area contributed by atoms with Crippen molar-refractivity contribution in [3.8, 4) is 0 Å². The van der Waals surface area contributed by atoms with Crippen molar-refractivity contribution >= 4 is 11.0 Å². The average Bonchev–Trinajstić information content (AvgIpc) is 2.91. The van der Waals surface area contributed by atoms with Crippen LogP contribution < -0.4 is 5.32 Å². The van der Waals surface area contributed by atoms with Crippen LogP contribution in [-0.2, 0) is 6.54 Å². The van der Waals surface area contributed by atoms with E-state index in [4.69, 9.17) is 4.42 Å². The molecule has 2 unspecified atom stereocenters. The highest BCUT2D eigenvalue weighted by atomic mass is 16.3. The van der Waals surface area contributed by atoms with Gasteiger partial charge in [0.25, 0.3) is 0 Å². The minimum atomic E-state index is 0.334. The summed E-state index contributed by atoms with van der Waals surface area (Å²) in [5, 5.41) is 14.2. The summed E-state index contributed by atoms with van der Waals surface area (Å²) in [5.74, 6) is 1.10. The number of fused-ring (bicyclic) bond motifs is 1. The van der Waals surface area contributed by atoms with E-state index in [-0.39, 0.29) is 0 Å². The molecule has 3 heteroatoms. The number of hydrogen-bond acceptors (Lipinski definition) is 3. The lowest BCUT2D eigenvalue weighted by molar-refractivity contribution is 0.133. The summed E-state index contributed by atoms with van der Waals surface area (Å²) in [5.41, 5.74) is 2.17. The SMILES string of the molecule is OCC1CCCCC1CNCc1coc2ccccc12. The molecule has 0 aliphatic heterocycles. The van der Waals surface area contributed by atoms with E-state index in [9.17, 15) is 5.11 Å². The summed E-state index contributed by atoms with van der Waals surface area (Å²) >= 11 is 0. The molecule has 2 N–H and O–H groups in total. The molecule has 0 radical (unpaired) electrons. The van der Waals surface area contributed by atoms with Crippen molar-refractivity contribution in [3.63, 3.8) is 0 Å². The Labute approximate surface area is 120 Å². The molecule has 0 amide bonds. The lowest BCUT2D eigenvalue weighted by Gasteiger charge is -2.30. The summed E-state index contributed by atoms with van der Waals surface area (Å²) in [6, 6.07) is 8.15. The van der Waals surface area contributed by atoms with E-state index < -0.39 is 0 Å². The summed E-state index contributed by atoms with van der Waals surface area (Å²) in [6.45, 7) is 2.16. The first-order valence-corrected chi connectivity index (χ1v) is 7.65. The van der Waals surface area contributed by atoms with Gasteiger partial charge >= 0.3 is 0 Å². The first-order valence-electron chi connectivity index (χ1n) is 7.65. The first kappa shape index (κ1) is 13.7. The fourth-order valence-corrected chi connectivity index (χ4v) is 3.36. The van der Waals surface area contributed by atoms with Gasteiger partial charge < -0.3 is 14.8 Å². The Morgan fingerprint density at radius 1 is 1.15 bits per heavy atom. The number of furan rings is 1. The fraction of sp³-hybridized carbons (Fsp3) is 0.529. The van der Waals surface area contributed by atoms with Gasteiger partial charge in [-0.2, -0.15) is 0 Å². The molecular weight excluding hydrogens is 250 g/mol. The predicted molar refractivity (Wildman–Crippen MR) is 80.5 cm³/mol. The Morgan fingerprint density at radius 2 is 1.95 bits per heavy atom. The minimum Gasteiger partial charge on any atom is -0.464 e. The number of benzene rings is 1. The first-order chi connectivity index (χ1) is 9.88. The van der Waals surface area contributed by atoms with E-state index >= 15 is 0 Å². The van der Waals surface area contributed by atoms with Crippen LogP contribution in [0.25, 0.3) is 11.0 Å². The second-order valence-corrected chi connectivity index (χ2v) is 5.88. The van der Waals surface area contributed by atoms with E-state index in [1.165, 1.54) is 36.6 Å². The van der Waals surface area contributed by atoms with Gasteiger partial charge in [0.1, 0.15) is 5.58 Å². The van der Waals surface area contributed by atoms with Crippen molar-refractivity contribution in [2.75, 3.05) is 13.2 Å². The van der Waals surface area contributed by atoms with Gasteiger partial charge in [0.05, 0.1) is 6.26 Å². The van der Waals surface area contributed by atoms with Gasteiger partial charge in [-0.25, -0.2) is 0 Å². The smallest absolute Gasteiger partial charge is 0.134 e. The number of rotatable bonds is 5. The van der Waals surface area contributed by atoms with Crippen molar-refractivity contribution in [1.82, 2.24) is 5.32 Å². The minimum absolute atomic E-state index is 0.334. The second-order valence-electron chi connectivity index (χ2n) is 5.88. The van der Waals surface area contributed by atoms with Crippen molar-refractivity contribution < 1.29 is 9.52 Å². The van der Waals surface area contributed by atoms with Crippen molar-refractivity contribution in [2.24, 2.45) is 11.8 Å². The molecule has 0 saturated heterocycles. The van der Waals surface area contributed by atoms with E-state index in [1.54, 1.807) is 0 Å². The van der Waals surface area contributed by atoms with E-state index in [1.807, 2.05) is 24.5 Å². The summed E-state index contributed by atoms with van der Waals surface area (Å²) in [6.07, 6.45) is 6.84. The van der Waals surface area contributed by atoms with Gasteiger partial charge in [-0.15, -0.1) is 0 Å². The Bertz CT molecular complexity index is 549. The van der Waals surface area contributed by atoms with Gasteiger partial charge in [0, 0.05) is 24.1 Å². The van der Waals surface area contributed by atoms with Gasteiger partial charge in [-0.3, -0.25) is 0 Å². The fourth-order valence-electron chi connectivity index (χ4n) is 3.36. The number of hydrogen-bond donors (Lipinski definition) is 2. The molecule has 108 valence electrons. The van der Waals surface area contributed by atoms with Crippen LogP contribution in [0.4, 0.5) is 0 Å². The predicted octanol–water partition coefficient (Wildman–Crippen LogP) is 3.32. The zero-order chi connectivity index (χ0) is 13.8. The zero-order valence-electron chi connectivity index (χ0n) is 11.8. The summed E-state index contributed by atoms with van der Waals surface area (Å²) in [4.78, 5) is 0. The Hall–Kier alpha value is -1.32. The van der Waals surface area contributed by atoms with Crippen molar-refractivity contribution in [3.05, 3.63) is 36.1 Å². The molecule has 1 aromatic heterocycles. The highest BCUT2D eigenvalue weighted by Crippen LogP contribution is 2.29. The molecular formula is C17H23NO2. The Morgan fingerprint density at radius 3 is 2.80 bits per heavy atom. The molecule has 2 aromatic rings. The normalized spacial score (nSPS) is 23.2. The number of para-hydroxylation sites is 1. The molecule has 1 fully saturated rings. The largest absolute Gasteiger partial charge is 0.464 e. The molecule has 1 saturated carbocycles. The Kier molecular flexibility index (Phi) is 4.38. The standard InChI is InChI=1S/C17H23NO2/c19-11-14-6-2-1-5-13(14)9-18-10-15-12-20-17-8-4-3-7-16(15)17/h3-4,7-8,12-14,18-19H,1-2,5-6,9-11H2. The van der Waals surface area contributed by atoms with Crippen LogP contribution in [0.1, 0.15) is 31.2 Å². The Balaban J connectivity index is 1.57. The third kappa shape index (κ3) is 2.89. The van der Waals surface area contributed by atoms with Crippen molar-refractivity contribution in [1.29, 1.82) is 0 Å². The number of aliphatic hydroxyl groups is 1. The van der Waals surface area contributed by atoms with Crippen LogP contribution in [0.2, 0.25) is 0 Å². The maximum atomic E-state index is 9.44. The molecule has 2 atom stereocenters. The average molecular weight is 273 g/mol. The maximum Gasteiger partial charge on any atom is 0.134 e. The van der Waals surface area contributed by atoms with Gasteiger partial charge in [0.2, 0.25) is 0 Å². The van der Waals surface area contributed by atoms with Gasteiger partial charge in [-0.1, -0.05) is 31.0 Å². The van der Waals surface area contributed by atoms with Crippen LogP contribution in [0.5, 0.6) is 0 Å². The van der Waals surface area contributed by atoms with Crippen molar-refractivity contribution in [2.45, 2.75) is 32.2 Å². The van der Waals surface area contributed by atoms with Crippen LogP contribution in [0.3, 0.4) is 0 Å². The third-order valence-corrected chi connectivity index (χ3v) is 4.58. The monoisotopic (exact) mass is 273 g/mol. The topological polar surface area (TPSA) is 45.4 Å². The summed E-state index contributed by atoms with van der Waals surface area (Å²) in [7, 11) is 0. The van der Waals surface area contributed by atoms with Crippen LogP contribution >= 0.6 is 0 Å². The van der Waals surface area contributed by atoms with Crippen LogP contribution in [0, 0.1) is 11.8 Å². The van der Waals surface area contributed by atoms with Crippen LogP contribution in [0.15, 0.2) is 34.9 Å². The molecule has 1 aromatic carbocycles. The lowest BCUT2D eigenvalue weighted by Crippen LogP contribution is -2.32. The van der Waals surface area contributed by atoms with Gasteiger partial charge in [0.15, 0.2) is 0 Å². The molecule has 20 heavy (non-hydrogen) atoms. The molecule has 0 bridgehead atoms. The number of nitrogens with one attached hydrogen (secondary N) is 1. The van der Waals surface area contributed by atoms with E-state index in [0.29, 0.717) is 18.4 Å². The third-order valence-electron chi connectivity index (χ3n) is 4.58. The van der Waals surface area contributed by atoms with Crippen LogP contribution in [-0.4, -0.2) is 18.3 Å². The molecule has 3 rings (SSSR count). The molecule has 1 aliphatic rings. The summed E-state index contributed by atoms with van der Waals surface area (Å²) < 4.78 is 5.55. The maximum absolute atomic E-state index is 9.44. The second kappa shape index (κ2) is 6.42. The quantitative estimate of drug-likeness (QED) is 0.878. The molecule has 1 heterocycles. The molecule has 0 spiro atoms. The highest BCUT2D eigenvalue weighted by molar-refractivity contribution is 5.80.